The number of aromatic nitrogens is 3. The molecule has 1 aromatic carbocycles. The van der Waals surface area contributed by atoms with Crippen LogP contribution in [0.2, 0.25) is 0 Å². The Bertz CT molecular complexity index is 686. The van der Waals surface area contributed by atoms with Crippen molar-refractivity contribution in [1.82, 2.24) is 30.3 Å². The molecule has 2 heterocycles. The van der Waals surface area contributed by atoms with Crippen LogP contribution in [0.25, 0.3) is 0 Å². The molecule has 0 spiro atoms. The van der Waals surface area contributed by atoms with Crippen molar-refractivity contribution >= 4 is 6.03 Å². The van der Waals surface area contributed by atoms with Crippen molar-refractivity contribution in [2.24, 2.45) is 5.92 Å². The monoisotopic (exact) mass is 356 g/mol. The fourth-order valence-electron chi connectivity index (χ4n) is 3.44. The SMILES string of the molecule is CCn1cnnc1CNC(=O)NC[C@@H]1CCCN(Cc2ccccc2)C1. The molecule has 2 aromatic rings. The number of hydrogen-bond donors (Lipinski definition) is 2. The number of carbonyl (C=O) groups excluding carboxylic acids is 1. The van der Waals surface area contributed by atoms with Crippen LogP contribution in [0.15, 0.2) is 36.7 Å². The van der Waals surface area contributed by atoms with Gasteiger partial charge in [0.25, 0.3) is 0 Å². The van der Waals surface area contributed by atoms with Gasteiger partial charge in [0.15, 0.2) is 5.82 Å². The Balaban J connectivity index is 1.39. The molecule has 2 amide bonds. The zero-order valence-corrected chi connectivity index (χ0v) is 15.4. The number of nitrogens with one attached hydrogen (secondary N) is 2. The molecule has 2 N–H and O–H groups in total. The molecule has 0 unspecified atom stereocenters. The number of rotatable bonds is 7. The number of piperidine rings is 1. The smallest absolute Gasteiger partial charge is 0.315 e. The second kappa shape index (κ2) is 9.33. The third kappa shape index (κ3) is 5.29. The molecule has 0 bridgehead atoms. The van der Waals surface area contributed by atoms with Crippen molar-refractivity contribution in [1.29, 1.82) is 0 Å². The normalized spacial score (nSPS) is 17.8. The maximum atomic E-state index is 12.1. The van der Waals surface area contributed by atoms with Crippen molar-refractivity contribution in [3.05, 3.63) is 48.0 Å². The number of nitrogens with zero attached hydrogens (tertiary/aromatic N) is 4. The fraction of sp³-hybridized carbons (Fsp3) is 0.526. The topological polar surface area (TPSA) is 75.1 Å². The summed E-state index contributed by atoms with van der Waals surface area (Å²) in [4.78, 5) is 14.5. The van der Waals surface area contributed by atoms with E-state index in [1.54, 1.807) is 6.33 Å². The lowest BCUT2D eigenvalue weighted by molar-refractivity contribution is 0.165. The van der Waals surface area contributed by atoms with Gasteiger partial charge in [-0.15, -0.1) is 10.2 Å². The van der Waals surface area contributed by atoms with E-state index in [-0.39, 0.29) is 6.03 Å². The molecular formula is C19H28N6O. The summed E-state index contributed by atoms with van der Waals surface area (Å²) < 4.78 is 1.92. The number of urea groups is 1. The summed E-state index contributed by atoms with van der Waals surface area (Å²) in [5.74, 6) is 1.27. The van der Waals surface area contributed by atoms with E-state index < -0.39 is 0 Å². The van der Waals surface area contributed by atoms with Gasteiger partial charge in [-0.1, -0.05) is 30.3 Å². The minimum absolute atomic E-state index is 0.143. The molecule has 0 radical (unpaired) electrons. The van der Waals surface area contributed by atoms with Crippen LogP contribution in [0, 0.1) is 5.92 Å². The number of amides is 2. The number of likely N-dealkylation sites (tertiary alicyclic amines) is 1. The molecule has 1 aliphatic rings. The summed E-state index contributed by atoms with van der Waals surface area (Å²) in [7, 11) is 0. The van der Waals surface area contributed by atoms with Gasteiger partial charge < -0.3 is 15.2 Å². The molecule has 140 valence electrons. The Hall–Kier alpha value is -2.41. The van der Waals surface area contributed by atoms with Crippen LogP contribution in [0.3, 0.4) is 0 Å². The maximum absolute atomic E-state index is 12.1. The van der Waals surface area contributed by atoms with Crippen molar-refractivity contribution in [2.45, 2.75) is 39.4 Å². The first-order chi connectivity index (χ1) is 12.7. The van der Waals surface area contributed by atoms with E-state index in [0.29, 0.717) is 19.0 Å². The van der Waals surface area contributed by atoms with Crippen LogP contribution in [0.5, 0.6) is 0 Å². The quantitative estimate of drug-likeness (QED) is 0.796. The van der Waals surface area contributed by atoms with Gasteiger partial charge in [0.1, 0.15) is 6.33 Å². The van der Waals surface area contributed by atoms with Gasteiger partial charge in [0, 0.05) is 26.2 Å². The maximum Gasteiger partial charge on any atom is 0.315 e. The van der Waals surface area contributed by atoms with Gasteiger partial charge in [-0.2, -0.15) is 0 Å². The van der Waals surface area contributed by atoms with E-state index in [4.69, 9.17) is 0 Å². The molecule has 1 aromatic heterocycles. The second-order valence-corrected chi connectivity index (χ2v) is 6.83. The first-order valence-electron chi connectivity index (χ1n) is 9.39. The van der Waals surface area contributed by atoms with Crippen molar-refractivity contribution in [3.63, 3.8) is 0 Å². The van der Waals surface area contributed by atoms with Gasteiger partial charge in [0.2, 0.25) is 0 Å². The molecule has 1 saturated heterocycles. The minimum atomic E-state index is -0.143. The molecule has 26 heavy (non-hydrogen) atoms. The van der Waals surface area contributed by atoms with Crippen LogP contribution in [0.4, 0.5) is 4.79 Å². The average molecular weight is 356 g/mol. The predicted molar refractivity (Wildman–Crippen MR) is 100 cm³/mol. The standard InChI is InChI=1S/C19H28N6O/c1-2-25-15-22-23-18(25)12-21-19(26)20-11-17-9-6-10-24(14-17)13-16-7-4-3-5-8-16/h3-5,7-8,15,17H,2,6,9-14H2,1H3,(H2,20,21,26)/t17-/m0/s1. The highest BCUT2D eigenvalue weighted by Gasteiger charge is 2.20. The highest BCUT2D eigenvalue weighted by Crippen LogP contribution is 2.18. The Labute approximate surface area is 154 Å². The summed E-state index contributed by atoms with van der Waals surface area (Å²) in [6.07, 6.45) is 4.02. The summed E-state index contributed by atoms with van der Waals surface area (Å²) in [5, 5.41) is 13.8. The molecule has 7 nitrogen and oxygen atoms in total. The van der Waals surface area contributed by atoms with Crippen LogP contribution < -0.4 is 10.6 Å². The lowest BCUT2D eigenvalue weighted by Gasteiger charge is -2.32. The Morgan fingerprint density at radius 2 is 2.12 bits per heavy atom. The van der Waals surface area contributed by atoms with E-state index in [0.717, 1.165) is 38.4 Å². The molecule has 0 aliphatic carbocycles. The summed E-state index contributed by atoms with van der Waals surface area (Å²) in [5.41, 5.74) is 1.35. The Morgan fingerprint density at radius 1 is 1.27 bits per heavy atom. The average Bonchev–Trinajstić information content (AvgIpc) is 3.13. The van der Waals surface area contributed by atoms with E-state index in [1.165, 1.54) is 12.0 Å². The molecule has 1 atom stereocenters. The summed E-state index contributed by atoms with van der Waals surface area (Å²) >= 11 is 0. The first-order valence-corrected chi connectivity index (χ1v) is 9.39. The zero-order valence-electron chi connectivity index (χ0n) is 15.4. The highest BCUT2D eigenvalue weighted by molar-refractivity contribution is 5.73. The zero-order chi connectivity index (χ0) is 18.2. The predicted octanol–water partition coefficient (Wildman–Crippen LogP) is 2.01. The van der Waals surface area contributed by atoms with Gasteiger partial charge in [-0.25, -0.2) is 4.79 Å². The van der Waals surface area contributed by atoms with E-state index in [2.05, 4.69) is 50.0 Å². The molecule has 0 saturated carbocycles. The highest BCUT2D eigenvalue weighted by atomic mass is 16.2. The van der Waals surface area contributed by atoms with Gasteiger partial charge in [-0.3, -0.25) is 4.90 Å². The second-order valence-electron chi connectivity index (χ2n) is 6.83. The van der Waals surface area contributed by atoms with Crippen molar-refractivity contribution in [3.8, 4) is 0 Å². The van der Waals surface area contributed by atoms with E-state index in [1.807, 2.05) is 17.6 Å². The summed E-state index contributed by atoms with van der Waals surface area (Å²) in [6, 6.07) is 10.4. The number of carbonyl (C=O) groups is 1. The third-order valence-corrected chi connectivity index (χ3v) is 4.85. The minimum Gasteiger partial charge on any atom is -0.338 e. The van der Waals surface area contributed by atoms with Crippen LogP contribution in [0.1, 0.15) is 31.2 Å². The number of hydrogen-bond acceptors (Lipinski definition) is 4. The van der Waals surface area contributed by atoms with Gasteiger partial charge in [0.05, 0.1) is 6.54 Å². The molecular weight excluding hydrogens is 328 g/mol. The summed E-state index contributed by atoms with van der Waals surface area (Å²) in [6.45, 7) is 7.06. The molecule has 1 fully saturated rings. The Kier molecular flexibility index (Phi) is 6.60. The van der Waals surface area contributed by atoms with Crippen molar-refractivity contribution < 1.29 is 4.79 Å². The molecule has 7 heteroatoms. The molecule has 1 aliphatic heterocycles. The third-order valence-electron chi connectivity index (χ3n) is 4.85. The number of aryl methyl sites for hydroxylation is 1. The van der Waals surface area contributed by atoms with E-state index >= 15 is 0 Å². The largest absolute Gasteiger partial charge is 0.338 e. The van der Waals surface area contributed by atoms with E-state index in [9.17, 15) is 4.79 Å². The first kappa shape index (κ1) is 18.4. The Morgan fingerprint density at radius 3 is 2.92 bits per heavy atom. The van der Waals surface area contributed by atoms with Gasteiger partial charge >= 0.3 is 6.03 Å². The van der Waals surface area contributed by atoms with Gasteiger partial charge in [-0.05, 0) is 37.8 Å². The van der Waals surface area contributed by atoms with Crippen LogP contribution in [-0.2, 0) is 19.6 Å². The molecule has 3 rings (SSSR count). The van der Waals surface area contributed by atoms with Crippen LogP contribution in [-0.4, -0.2) is 45.3 Å². The van der Waals surface area contributed by atoms with Crippen molar-refractivity contribution in [2.75, 3.05) is 19.6 Å². The lowest BCUT2D eigenvalue weighted by atomic mass is 9.97. The number of benzene rings is 1. The van der Waals surface area contributed by atoms with Crippen LogP contribution >= 0.6 is 0 Å². The fourth-order valence-corrected chi connectivity index (χ4v) is 3.44. The lowest BCUT2D eigenvalue weighted by Crippen LogP contribution is -2.43.